The van der Waals surface area contributed by atoms with Crippen LogP contribution in [0, 0.1) is 6.92 Å². The Kier molecular flexibility index (Phi) is 3.51. The summed E-state index contributed by atoms with van der Waals surface area (Å²) in [7, 11) is 1.98. The van der Waals surface area contributed by atoms with Gasteiger partial charge in [0.05, 0.1) is 5.75 Å². The lowest BCUT2D eigenvalue weighted by molar-refractivity contribution is 0.817. The summed E-state index contributed by atoms with van der Waals surface area (Å²) >= 11 is 7.55. The maximum Gasteiger partial charge on any atom is 0.143 e. The lowest BCUT2D eigenvalue weighted by atomic mass is 10.4. The van der Waals surface area contributed by atoms with E-state index in [2.05, 4.69) is 10.2 Å². The molecule has 0 bridgehead atoms. The van der Waals surface area contributed by atoms with Crippen LogP contribution in [0.15, 0.2) is 29.2 Å². The van der Waals surface area contributed by atoms with E-state index < -0.39 is 0 Å². The van der Waals surface area contributed by atoms with Crippen LogP contribution in [0.1, 0.15) is 11.6 Å². The van der Waals surface area contributed by atoms with Crippen LogP contribution in [-0.4, -0.2) is 14.8 Å². The van der Waals surface area contributed by atoms with Gasteiger partial charge in [-0.3, -0.25) is 0 Å². The summed E-state index contributed by atoms with van der Waals surface area (Å²) in [6, 6.07) is 7.81. The molecule has 0 saturated carbocycles. The van der Waals surface area contributed by atoms with Gasteiger partial charge in [-0.2, -0.15) is 0 Å². The average Bonchev–Trinajstić information content (AvgIpc) is 2.60. The Morgan fingerprint density at radius 1 is 1.25 bits per heavy atom. The highest BCUT2D eigenvalue weighted by Gasteiger charge is 2.05. The topological polar surface area (TPSA) is 30.7 Å². The van der Waals surface area contributed by atoms with Gasteiger partial charge < -0.3 is 4.57 Å². The second-order valence-corrected chi connectivity index (χ2v) is 4.95. The van der Waals surface area contributed by atoms with Gasteiger partial charge in [-0.25, -0.2) is 0 Å². The van der Waals surface area contributed by atoms with E-state index in [0.717, 1.165) is 22.4 Å². The minimum Gasteiger partial charge on any atom is -0.318 e. The largest absolute Gasteiger partial charge is 0.318 e. The van der Waals surface area contributed by atoms with E-state index in [1.54, 1.807) is 11.8 Å². The highest BCUT2D eigenvalue weighted by Crippen LogP contribution is 2.23. The maximum atomic E-state index is 5.82. The van der Waals surface area contributed by atoms with Crippen molar-refractivity contribution in [3.05, 3.63) is 40.9 Å². The van der Waals surface area contributed by atoms with E-state index in [1.165, 1.54) is 4.90 Å². The Morgan fingerprint density at radius 3 is 2.50 bits per heavy atom. The zero-order valence-corrected chi connectivity index (χ0v) is 10.7. The molecule has 84 valence electrons. The number of hydrogen-bond donors (Lipinski definition) is 0. The number of halogens is 1. The summed E-state index contributed by atoms with van der Waals surface area (Å²) in [6.07, 6.45) is 0. The number of nitrogens with zero attached hydrogens (tertiary/aromatic N) is 3. The maximum absolute atomic E-state index is 5.82. The van der Waals surface area contributed by atoms with Gasteiger partial charge in [0.15, 0.2) is 0 Å². The molecule has 16 heavy (non-hydrogen) atoms. The van der Waals surface area contributed by atoms with Crippen molar-refractivity contribution < 1.29 is 0 Å². The molecule has 0 radical (unpaired) electrons. The fourth-order valence-electron chi connectivity index (χ4n) is 1.26. The summed E-state index contributed by atoms with van der Waals surface area (Å²) in [5.74, 6) is 2.74. The second-order valence-electron chi connectivity index (χ2n) is 3.47. The number of aromatic nitrogens is 3. The van der Waals surface area contributed by atoms with Crippen LogP contribution in [0.3, 0.4) is 0 Å². The van der Waals surface area contributed by atoms with E-state index in [-0.39, 0.29) is 0 Å². The third kappa shape index (κ3) is 2.57. The summed E-state index contributed by atoms with van der Waals surface area (Å²) in [6.45, 7) is 1.95. The Morgan fingerprint density at radius 2 is 1.94 bits per heavy atom. The number of thioether (sulfide) groups is 1. The van der Waals surface area contributed by atoms with Crippen LogP contribution >= 0.6 is 23.4 Å². The van der Waals surface area contributed by atoms with Crippen molar-refractivity contribution in [2.75, 3.05) is 0 Å². The van der Waals surface area contributed by atoms with Gasteiger partial charge in [0.1, 0.15) is 11.6 Å². The van der Waals surface area contributed by atoms with E-state index in [0.29, 0.717) is 0 Å². The van der Waals surface area contributed by atoms with Crippen molar-refractivity contribution in [3.63, 3.8) is 0 Å². The van der Waals surface area contributed by atoms with Crippen molar-refractivity contribution in [2.45, 2.75) is 17.6 Å². The van der Waals surface area contributed by atoms with Crippen LogP contribution in [-0.2, 0) is 12.8 Å². The molecule has 3 nitrogen and oxygen atoms in total. The summed E-state index contributed by atoms with van der Waals surface area (Å²) in [5, 5.41) is 8.90. The standard InChI is InChI=1S/C11H12ClN3S/c1-8-13-14-11(15(8)2)7-16-10-5-3-9(12)4-6-10/h3-6H,7H2,1-2H3. The monoisotopic (exact) mass is 253 g/mol. The average molecular weight is 254 g/mol. The molecule has 0 N–H and O–H groups in total. The molecule has 0 atom stereocenters. The normalized spacial score (nSPS) is 10.7. The minimum atomic E-state index is 0.763. The molecule has 2 rings (SSSR count). The molecule has 0 aliphatic heterocycles. The first-order valence-electron chi connectivity index (χ1n) is 4.90. The molecule has 2 aromatic rings. The van der Waals surface area contributed by atoms with E-state index in [4.69, 9.17) is 11.6 Å². The van der Waals surface area contributed by atoms with Gasteiger partial charge >= 0.3 is 0 Å². The molecular weight excluding hydrogens is 242 g/mol. The van der Waals surface area contributed by atoms with E-state index in [1.807, 2.05) is 42.8 Å². The highest BCUT2D eigenvalue weighted by atomic mass is 35.5. The number of benzene rings is 1. The van der Waals surface area contributed by atoms with Crippen molar-refractivity contribution in [1.29, 1.82) is 0 Å². The zero-order valence-electron chi connectivity index (χ0n) is 9.14. The first kappa shape index (κ1) is 11.5. The third-order valence-electron chi connectivity index (χ3n) is 2.36. The Labute approximate surface area is 104 Å². The molecule has 0 spiro atoms. The van der Waals surface area contributed by atoms with Gasteiger partial charge in [-0.15, -0.1) is 22.0 Å². The first-order valence-corrected chi connectivity index (χ1v) is 6.26. The SMILES string of the molecule is Cc1nnc(CSc2ccc(Cl)cc2)n1C. The molecule has 0 aliphatic carbocycles. The van der Waals surface area contributed by atoms with Gasteiger partial charge in [0.2, 0.25) is 0 Å². The van der Waals surface area contributed by atoms with Gasteiger partial charge in [-0.1, -0.05) is 11.6 Å². The Balaban J connectivity index is 2.02. The molecule has 0 saturated heterocycles. The molecule has 1 heterocycles. The van der Waals surface area contributed by atoms with Crippen LogP contribution < -0.4 is 0 Å². The van der Waals surface area contributed by atoms with Crippen LogP contribution in [0.2, 0.25) is 5.02 Å². The smallest absolute Gasteiger partial charge is 0.143 e. The van der Waals surface area contributed by atoms with E-state index in [9.17, 15) is 0 Å². The fourth-order valence-corrected chi connectivity index (χ4v) is 2.26. The van der Waals surface area contributed by atoms with Crippen molar-refractivity contribution >= 4 is 23.4 Å². The molecule has 1 aromatic heterocycles. The van der Waals surface area contributed by atoms with Crippen molar-refractivity contribution in [2.24, 2.45) is 7.05 Å². The third-order valence-corrected chi connectivity index (χ3v) is 3.62. The van der Waals surface area contributed by atoms with E-state index >= 15 is 0 Å². The van der Waals surface area contributed by atoms with Crippen LogP contribution in [0.25, 0.3) is 0 Å². The molecular formula is C11H12ClN3S. The molecule has 0 unspecified atom stereocenters. The van der Waals surface area contributed by atoms with Crippen LogP contribution in [0.4, 0.5) is 0 Å². The fraction of sp³-hybridized carbons (Fsp3) is 0.273. The second kappa shape index (κ2) is 4.89. The van der Waals surface area contributed by atoms with Gasteiger partial charge in [0.25, 0.3) is 0 Å². The number of hydrogen-bond acceptors (Lipinski definition) is 3. The quantitative estimate of drug-likeness (QED) is 0.788. The molecule has 5 heteroatoms. The molecule has 1 aromatic carbocycles. The summed E-state index contributed by atoms with van der Waals surface area (Å²) in [4.78, 5) is 1.19. The predicted octanol–water partition coefficient (Wildman–Crippen LogP) is 3.07. The molecule has 0 amide bonds. The molecule has 0 fully saturated rings. The zero-order chi connectivity index (χ0) is 11.5. The summed E-state index contributed by atoms with van der Waals surface area (Å²) < 4.78 is 2.00. The minimum absolute atomic E-state index is 0.763. The summed E-state index contributed by atoms with van der Waals surface area (Å²) in [5.41, 5.74) is 0. The number of aryl methyl sites for hydroxylation is 1. The Hall–Kier alpha value is -1.00. The number of rotatable bonds is 3. The van der Waals surface area contributed by atoms with Gasteiger partial charge in [-0.05, 0) is 31.2 Å². The first-order chi connectivity index (χ1) is 7.66. The highest BCUT2D eigenvalue weighted by molar-refractivity contribution is 7.98. The Bertz CT molecular complexity index is 478. The van der Waals surface area contributed by atoms with Crippen molar-refractivity contribution in [1.82, 2.24) is 14.8 Å². The predicted molar refractivity (Wildman–Crippen MR) is 66.8 cm³/mol. The lowest BCUT2D eigenvalue weighted by Crippen LogP contribution is -1.97. The van der Waals surface area contributed by atoms with Crippen molar-refractivity contribution in [3.8, 4) is 0 Å². The lowest BCUT2D eigenvalue weighted by Gasteiger charge is -2.02. The molecule has 0 aliphatic rings. The van der Waals surface area contributed by atoms with Gasteiger partial charge in [0, 0.05) is 17.0 Å². The van der Waals surface area contributed by atoms with Crippen LogP contribution in [0.5, 0.6) is 0 Å².